The Morgan fingerprint density at radius 2 is 2.26 bits per heavy atom. The van der Waals surface area contributed by atoms with Crippen molar-refractivity contribution in [3.05, 3.63) is 42.4 Å². The lowest BCUT2D eigenvalue weighted by Gasteiger charge is -2.05. The van der Waals surface area contributed by atoms with E-state index in [0.717, 1.165) is 30.0 Å². The Morgan fingerprint density at radius 3 is 2.89 bits per heavy atom. The topological polar surface area (TPSA) is 69.8 Å². The molecule has 100 valence electrons. The molecule has 5 heteroatoms. The molecule has 2 rings (SSSR count). The molecule has 0 bridgehead atoms. The maximum absolute atomic E-state index is 11.7. The smallest absolute Gasteiger partial charge is 0.224 e. The lowest BCUT2D eigenvalue weighted by atomic mass is 10.2. The van der Waals surface area contributed by atoms with Gasteiger partial charge in [-0.15, -0.1) is 0 Å². The van der Waals surface area contributed by atoms with Gasteiger partial charge in [-0.1, -0.05) is 0 Å². The minimum Gasteiger partial charge on any atom is -0.373 e. The Kier molecular flexibility index (Phi) is 4.55. The van der Waals surface area contributed by atoms with Crippen LogP contribution in [0.5, 0.6) is 0 Å². The first kappa shape index (κ1) is 13.1. The molecule has 0 aromatic carbocycles. The van der Waals surface area contributed by atoms with Crippen molar-refractivity contribution in [3.63, 3.8) is 0 Å². The predicted octanol–water partition coefficient (Wildman–Crippen LogP) is 2.41. The summed E-state index contributed by atoms with van der Waals surface area (Å²) < 4.78 is 0. The van der Waals surface area contributed by atoms with E-state index in [1.807, 2.05) is 30.5 Å². The van der Waals surface area contributed by atoms with E-state index in [0.29, 0.717) is 6.42 Å². The molecular weight excluding hydrogens is 240 g/mol. The Bertz CT molecular complexity index is 505. The molecule has 0 saturated heterocycles. The lowest BCUT2D eigenvalue weighted by molar-refractivity contribution is -0.116. The lowest BCUT2D eigenvalue weighted by Crippen LogP contribution is -2.11. The predicted molar refractivity (Wildman–Crippen MR) is 76.1 cm³/mol. The van der Waals surface area contributed by atoms with E-state index in [1.54, 1.807) is 13.2 Å². The summed E-state index contributed by atoms with van der Waals surface area (Å²) in [6, 6.07) is 7.65. The first-order chi connectivity index (χ1) is 9.28. The van der Waals surface area contributed by atoms with E-state index in [-0.39, 0.29) is 5.91 Å². The molecule has 2 aromatic rings. The summed E-state index contributed by atoms with van der Waals surface area (Å²) in [7, 11) is 1.81. The molecule has 2 aromatic heterocycles. The number of H-pyrrole nitrogens is 1. The zero-order valence-electron chi connectivity index (χ0n) is 10.9. The molecule has 1 amide bonds. The van der Waals surface area contributed by atoms with Crippen LogP contribution in [0.15, 0.2) is 36.7 Å². The quantitative estimate of drug-likeness (QED) is 0.745. The highest BCUT2D eigenvalue weighted by atomic mass is 16.1. The van der Waals surface area contributed by atoms with Gasteiger partial charge in [-0.3, -0.25) is 4.79 Å². The average Bonchev–Trinajstić information content (AvgIpc) is 2.93. The first-order valence-corrected chi connectivity index (χ1v) is 6.34. The molecule has 0 spiro atoms. The molecule has 0 saturated carbocycles. The van der Waals surface area contributed by atoms with E-state index in [1.165, 1.54) is 0 Å². The van der Waals surface area contributed by atoms with Crippen LogP contribution in [-0.4, -0.2) is 22.9 Å². The molecule has 0 fully saturated rings. The van der Waals surface area contributed by atoms with Crippen molar-refractivity contribution < 1.29 is 4.79 Å². The molecule has 0 aliphatic carbocycles. The Hall–Kier alpha value is -2.30. The van der Waals surface area contributed by atoms with Crippen molar-refractivity contribution in [1.29, 1.82) is 0 Å². The maximum Gasteiger partial charge on any atom is 0.224 e. The van der Waals surface area contributed by atoms with Crippen molar-refractivity contribution in [1.82, 2.24) is 9.97 Å². The number of rotatable bonds is 6. The zero-order valence-corrected chi connectivity index (χ0v) is 10.9. The number of hydrogen-bond acceptors (Lipinski definition) is 3. The van der Waals surface area contributed by atoms with E-state index >= 15 is 0 Å². The Labute approximate surface area is 112 Å². The van der Waals surface area contributed by atoms with Gasteiger partial charge in [-0.05, 0) is 37.1 Å². The summed E-state index contributed by atoms with van der Waals surface area (Å²) in [5.41, 5.74) is 1.89. The van der Waals surface area contributed by atoms with Crippen LogP contribution >= 0.6 is 0 Å². The Balaban J connectivity index is 1.74. The van der Waals surface area contributed by atoms with E-state index in [4.69, 9.17) is 0 Å². The number of anilines is 2. The van der Waals surface area contributed by atoms with Crippen LogP contribution in [0.25, 0.3) is 0 Å². The average molecular weight is 258 g/mol. The second kappa shape index (κ2) is 6.58. The zero-order chi connectivity index (χ0) is 13.5. The first-order valence-electron chi connectivity index (χ1n) is 6.34. The largest absolute Gasteiger partial charge is 0.373 e. The molecule has 0 atom stereocenters. The standard InChI is InChI=1S/C14H18N4O/c1-15-13-8-7-12(10-17-13)18-14(19)6-2-4-11-5-3-9-16-11/h3,5,7-10,16H,2,4,6H2,1H3,(H,15,17)(H,18,19). The van der Waals surface area contributed by atoms with Crippen molar-refractivity contribution >= 4 is 17.4 Å². The van der Waals surface area contributed by atoms with Crippen LogP contribution < -0.4 is 10.6 Å². The van der Waals surface area contributed by atoms with Crippen LogP contribution in [-0.2, 0) is 11.2 Å². The highest BCUT2D eigenvalue weighted by molar-refractivity contribution is 5.90. The van der Waals surface area contributed by atoms with Gasteiger partial charge in [-0.25, -0.2) is 4.98 Å². The highest BCUT2D eigenvalue weighted by Crippen LogP contribution is 2.10. The number of carbonyl (C=O) groups excluding carboxylic acids is 1. The van der Waals surface area contributed by atoms with Gasteiger partial charge in [0, 0.05) is 25.4 Å². The van der Waals surface area contributed by atoms with Crippen LogP contribution in [0.2, 0.25) is 0 Å². The number of aromatic nitrogens is 2. The van der Waals surface area contributed by atoms with E-state index in [2.05, 4.69) is 20.6 Å². The summed E-state index contributed by atoms with van der Waals surface area (Å²) in [5.74, 6) is 0.801. The number of aromatic amines is 1. The number of carbonyl (C=O) groups is 1. The normalized spacial score (nSPS) is 10.2. The second-order valence-corrected chi connectivity index (χ2v) is 4.28. The van der Waals surface area contributed by atoms with E-state index in [9.17, 15) is 4.79 Å². The summed E-state index contributed by atoms with van der Waals surface area (Å²) in [4.78, 5) is 19.0. The highest BCUT2D eigenvalue weighted by Gasteiger charge is 2.03. The van der Waals surface area contributed by atoms with Gasteiger partial charge in [-0.2, -0.15) is 0 Å². The summed E-state index contributed by atoms with van der Waals surface area (Å²) in [6.45, 7) is 0. The number of nitrogens with zero attached hydrogens (tertiary/aromatic N) is 1. The molecule has 19 heavy (non-hydrogen) atoms. The molecule has 2 heterocycles. The molecule has 3 N–H and O–H groups in total. The monoisotopic (exact) mass is 258 g/mol. The number of hydrogen-bond donors (Lipinski definition) is 3. The van der Waals surface area contributed by atoms with Crippen molar-refractivity contribution in [2.45, 2.75) is 19.3 Å². The molecule has 0 aliphatic heterocycles. The van der Waals surface area contributed by atoms with Crippen LogP contribution in [0.4, 0.5) is 11.5 Å². The third-order valence-corrected chi connectivity index (χ3v) is 2.82. The fourth-order valence-corrected chi connectivity index (χ4v) is 1.80. The summed E-state index contributed by atoms with van der Waals surface area (Å²) in [5, 5.41) is 5.76. The van der Waals surface area contributed by atoms with Crippen molar-refractivity contribution in [2.75, 3.05) is 17.7 Å². The minimum absolute atomic E-state index is 0.0190. The molecule has 5 nitrogen and oxygen atoms in total. The van der Waals surface area contributed by atoms with Gasteiger partial charge in [0.05, 0.1) is 11.9 Å². The van der Waals surface area contributed by atoms with Crippen molar-refractivity contribution in [2.24, 2.45) is 0 Å². The number of amides is 1. The molecule has 0 radical (unpaired) electrons. The number of nitrogens with one attached hydrogen (secondary N) is 3. The number of aryl methyl sites for hydroxylation is 1. The van der Waals surface area contributed by atoms with Crippen molar-refractivity contribution in [3.8, 4) is 0 Å². The molecular formula is C14H18N4O. The van der Waals surface area contributed by atoms with Gasteiger partial charge >= 0.3 is 0 Å². The third-order valence-electron chi connectivity index (χ3n) is 2.82. The maximum atomic E-state index is 11.7. The SMILES string of the molecule is CNc1ccc(NC(=O)CCCc2ccc[nH]2)cn1. The minimum atomic E-state index is 0.0190. The van der Waals surface area contributed by atoms with E-state index < -0.39 is 0 Å². The fourth-order valence-electron chi connectivity index (χ4n) is 1.80. The summed E-state index contributed by atoms with van der Waals surface area (Å²) >= 11 is 0. The van der Waals surface area contributed by atoms with Gasteiger partial charge in [0.1, 0.15) is 5.82 Å². The number of pyridine rings is 1. The molecule has 0 unspecified atom stereocenters. The van der Waals surface area contributed by atoms with Gasteiger partial charge in [0.15, 0.2) is 0 Å². The van der Waals surface area contributed by atoms with Gasteiger partial charge in [0.2, 0.25) is 5.91 Å². The second-order valence-electron chi connectivity index (χ2n) is 4.28. The summed E-state index contributed by atoms with van der Waals surface area (Å²) in [6.07, 6.45) is 5.76. The van der Waals surface area contributed by atoms with Crippen LogP contribution in [0.3, 0.4) is 0 Å². The third kappa shape index (κ3) is 4.13. The Morgan fingerprint density at radius 1 is 1.37 bits per heavy atom. The van der Waals surface area contributed by atoms with Gasteiger partial charge in [0.25, 0.3) is 0 Å². The van der Waals surface area contributed by atoms with Crippen LogP contribution in [0, 0.1) is 0 Å². The fraction of sp³-hybridized carbons (Fsp3) is 0.286. The van der Waals surface area contributed by atoms with Gasteiger partial charge < -0.3 is 15.6 Å². The molecule has 0 aliphatic rings. The van der Waals surface area contributed by atoms with Crippen LogP contribution in [0.1, 0.15) is 18.5 Å².